The summed E-state index contributed by atoms with van der Waals surface area (Å²) in [5, 5.41) is 11.8. The third-order valence-corrected chi connectivity index (χ3v) is 4.02. The number of aromatic nitrogens is 3. The molecule has 3 unspecified atom stereocenters. The zero-order valence-corrected chi connectivity index (χ0v) is 11.2. The van der Waals surface area contributed by atoms with Crippen molar-refractivity contribution < 1.29 is 0 Å². The van der Waals surface area contributed by atoms with Gasteiger partial charge in [0.15, 0.2) is 0 Å². The largest absolute Gasteiger partial charge is 0.317 e. The normalized spacial score (nSPS) is 29.5. The van der Waals surface area contributed by atoms with Gasteiger partial charge in [-0.15, -0.1) is 10.2 Å². The van der Waals surface area contributed by atoms with Gasteiger partial charge in [0.2, 0.25) is 0 Å². The molecule has 1 aliphatic rings. The van der Waals surface area contributed by atoms with Crippen molar-refractivity contribution in [1.82, 2.24) is 20.1 Å². The predicted octanol–water partition coefficient (Wildman–Crippen LogP) is 2.21. The summed E-state index contributed by atoms with van der Waals surface area (Å²) in [6.07, 6.45) is 5.83. The zero-order valence-electron chi connectivity index (χ0n) is 11.2. The van der Waals surface area contributed by atoms with E-state index in [0.29, 0.717) is 6.04 Å². The van der Waals surface area contributed by atoms with Crippen molar-refractivity contribution in [2.24, 2.45) is 11.8 Å². The van der Waals surface area contributed by atoms with E-state index in [1.165, 1.54) is 19.3 Å². The molecule has 4 heteroatoms. The van der Waals surface area contributed by atoms with Crippen LogP contribution in [0.4, 0.5) is 0 Å². The molecule has 0 spiro atoms. The number of rotatable bonds is 4. The van der Waals surface area contributed by atoms with E-state index in [-0.39, 0.29) is 0 Å². The van der Waals surface area contributed by atoms with E-state index < -0.39 is 0 Å². The minimum atomic E-state index is 0.640. The van der Waals surface area contributed by atoms with Crippen molar-refractivity contribution in [3.8, 4) is 0 Å². The molecule has 1 N–H and O–H groups in total. The second kappa shape index (κ2) is 5.63. The fourth-order valence-electron chi connectivity index (χ4n) is 2.72. The number of hydrogen-bond acceptors (Lipinski definition) is 3. The van der Waals surface area contributed by atoms with Gasteiger partial charge in [-0.25, -0.2) is 0 Å². The molecule has 17 heavy (non-hydrogen) atoms. The van der Waals surface area contributed by atoms with Crippen LogP contribution in [0.15, 0.2) is 6.33 Å². The highest BCUT2D eigenvalue weighted by Gasteiger charge is 2.25. The molecule has 0 bridgehead atoms. The smallest absolute Gasteiger partial charge is 0.146 e. The lowest BCUT2D eigenvalue weighted by Gasteiger charge is -2.33. The number of nitrogens with zero attached hydrogens (tertiary/aromatic N) is 3. The molecule has 1 aromatic rings. The summed E-state index contributed by atoms with van der Waals surface area (Å²) >= 11 is 0. The van der Waals surface area contributed by atoms with Crippen LogP contribution in [-0.4, -0.2) is 20.8 Å². The lowest BCUT2D eigenvalue weighted by molar-refractivity contribution is 0.226. The predicted molar refractivity (Wildman–Crippen MR) is 68.5 cm³/mol. The molecule has 1 aliphatic carbocycles. The highest BCUT2D eigenvalue weighted by atomic mass is 15.3. The highest BCUT2D eigenvalue weighted by Crippen LogP contribution is 2.28. The van der Waals surface area contributed by atoms with Crippen molar-refractivity contribution in [2.45, 2.75) is 59.2 Å². The van der Waals surface area contributed by atoms with Crippen LogP contribution in [0.2, 0.25) is 0 Å². The second-order valence-electron chi connectivity index (χ2n) is 5.42. The lowest BCUT2D eigenvalue weighted by atomic mass is 9.80. The fraction of sp³-hybridized carbons (Fsp3) is 0.846. The van der Waals surface area contributed by atoms with Gasteiger partial charge in [0.25, 0.3) is 0 Å². The van der Waals surface area contributed by atoms with E-state index in [0.717, 1.165) is 30.7 Å². The molecule has 96 valence electrons. The SMILES string of the molecule is CCn1cnnc1CNC1CC(C)CCC1C. The Kier molecular flexibility index (Phi) is 4.15. The van der Waals surface area contributed by atoms with Crippen LogP contribution in [-0.2, 0) is 13.1 Å². The molecule has 4 nitrogen and oxygen atoms in total. The standard InChI is InChI=1S/C13H24N4/c1-4-17-9-15-16-13(17)8-14-12-7-10(2)5-6-11(12)3/h9-12,14H,4-8H2,1-3H3. The summed E-state index contributed by atoms with van der Waals surface area (Å²) in [5.74, 6) is 2.69. The number of nitrogens with one attached hydrogen (secondary N) is 1. The molecule has 2 rings (SSSR count). The average molecular weight is 236 g/mol. The Hall–Kier alpha value is -0.900. The maximum atomic E-state index is 4.17. The molecule has 1 fully saturated rings. The van der Waals surface area contributed by atoms with Crippen molar-refractivity contribution in [3.63, 3.8) is 0 Å². The molecule has 1 aromatic heterocycles. The molecule has 3 atom stereocenters. The summed E-state index contributed by atoms with van der Waals surface area (Å²) in [7, 11) is 0. The monoisotopic (exact) mass is 236 g/mol. The summed E-state index contributed by atoms with van der Waals surface area (Å²) in [6.45, 7) is 8.62. The fourth-order valence-corrected chi connectivity index (χ4v) is 2.72. The van der Waals surface area contributed by atoms with Gasteiger partial charge in [-0.05, 0) is 31.6 Å². The maximum Gasteiger partial charge on any atom is 0.146 e. The molecule has 0 radical (unpaired) electrons. The summed E-state index contributed by atoms with van der Waals surface area (Å²) in [5.41, 5.74) is 0. The van der Waals surface area contributed by atoms with Crippen molar-refractivity contribution in [2.75, 3.05) is 0 Å². The van der Waals surface area contributed by atoms with Crippen LogP contribution in [0.25, 0.3) is 0 Å². The van der Waals surface area contributed by atoms with Crippen LogP contribution in [0.5, 0.6) is 0 Å². The quantitative estimate of drug-likeness (QED) is 0.871. The lowest BCUT2D eigenvalue weighted by Crippen LogP contribution is -2.39. The average Bonchev–Trinajstić information content (AvgIpc) is 2.77. The minimum absolute atomic E-state index is 0.640. The van der Waals surface area contributed by atoms with Crippen molar-refractivity contribution in [1.29, 1.82) is 0 Å². The Labute approximate surface area is 104 Å². The summed E-state index contributed by atoms with van der Waals surface area (Å²) < 4.78 is 2.10. The van der Waals surface area contributed by atoms with E-state index >= 15 is 0 Å². The zero-order chi connectivity index (χ0) is 12.3. The van der Waals surface area contributed by atoms with Gasteiger partial charge in [0.1, 0.15) is 12.2 Å². The molecule has 0 aliphatic heterocycles. The van der Waals surface area contributed by atoms with Crippen molar-refractivity contribution in [3.05, 3.63) is 12.2 Å². The first kappa shape index (κ1) is 12.6. The first-order chi connectivity index (χ1) is 8.20. The highest BCUT2D eigenvalue weighted by molar-refractivity contribution is 4.88. The second-order valence-corrected chi connectivity index (χ2v) is 5.42. The van der Waals surface area contributed by atoms with E-state index in [9.17, 15) is 0 Å². The molecule has 0 amide bonds. The van der Waals surface area contributed by atoms with Crippen LogP contribution >= 0.6 is 0 Å². The number of aryl methyl sites for hydroxylation is 1. The topological polar surface area (TPSA) is 42.7 Å². The van der Waals surface area contributed by atoms with Crippen LogP contribution in [0, 0.1) is 11.8 Å². The Morgan fingerprint density at radius 3 is 3.00 bits per heavy atom. The van der Waals surface area contributed by atoms with Crippen LogP contribution < -0.4 is 5.32 Å². The molecule has 1 saturated carbocycles. The van der Waals surface area contributed by atoms with Gasteiger partial charge in [-0.2, -0.15) is 0 Å². The third-order valence-electron chi connectivity index (χ3n) is 4.02. The van der Waals surface area contributed by atoms with Gasteiger partial charge in [0, 0.05) is 12.6 Å². The summed E-state index contributed by atoms with van der Waals surface area (Å²) in [6, 6.07) is 0.640. The molecule has 0 saturated heterocycles. The van der Waals surface area contributed by atoms with Crippen molar-refractivity contribution >= 4 is 0 Å². The Morgan fingerprint density at radius 2 is 2.24 bits per heavy atom. The van der Waals surface area contributed by atoms with Gasteiger partial charge in [-0.1, -0.05) is 20.3 Å². The first-order valence-corrected chi connectivity index (χ1v) is 6.80. The molecular weight excluding hydrogens is 212 g/mol. The van der Waals surface area contributed by atoms with Gasteiger partial charge in [-0.3, -0.25) is 0 Å². The Bertz CT molecular complexity index is 347. The number of hydrogen-bond donors (Lipinski definition) is 1. The molecule has 1 heterocycles. The molecule has 0 aromatic carbocycles. The summed E-state index contributed by atoms with van der Waals surface area (Å²) in [4.78, 5) is 0. The van der Waals surface area contributed by atoms with E-state index in [2.05, 4.69) is 40.9 Å². The van der Waals surface area contributed by atoms with E-state index in [4.69, 9.17) is 0 Å². The maximum absolute atomic E-state index is 4.17. The minimum Gasteiger partial charge on any atom is -0.317 e. The van der Waals surface area contributed by atoms with Gasteiger partial charge in [0.05, 0.1) is 6.54 Å². The molecular formula is C13H24N4. The van der Waals surface area contributed by atoms with Crippen LogP contribution in [0.1, 0.15) is 45.9 Å². The van der Waals surface area contributed by atoms with Gasteiger partial charge < -0.3 is 9.88 Å². The Balaban J connectivity index is 1.88. The van der Waals surface area contributed by atoms with Gasteiger partial charge >= 0.3 is 0 Å². The first-order valence-electron chi connectivity index (χ1n) is 6.80. The van der Waals surface area contributed by atoms with E-state index in [1.807, 2.05) is 6.33 Å². The Morgan fingerprint density at radius 1 is 1.41 bits per heavy atom. The third kappa shape index (κ3) is 3.06. The van der Waals surface area contributed by atoms with E-state index in [1.54, 1.807) is 0 Å². The van der Waals surface area contributed by atoms with Crippen LogP contribution in [0.3, 0.4) is 0 Å².